The Hall–Kier alpha value is -0.420. The van der Waals surface area contributed by atoms with Gasteiger partial charge in [-0.3, -0.25) is 14.0 Å². The molecule has 0 radical (unpaired) electrons. The lowest BCUT2D eigenvalue weighted by atomic mass is 10.3. The fourth-order valence-corrected chi connectivity index (χ4v) is 2.70. The highest BCUT2D eigenvalue weighted by Gasteiger charge is 2.19. The lowest BCUT2D eigenvalue weighted by Crippen LogP contribution is -2.29. The number of hydrogen-bond acceptors (Lipinski definition) is 5. The number of hydrogen-bond donors (Lipinski definition) is 1. The number of rotatable bonds is 4. The largest absolute Gasteiger partial charge is 0.472 e. The van der Waals surface area contributed by atoms with Crippen LogP contribution in [0.15, 0.2) is 4.99 Å². The molecule has 0 aromatic heterocycles. The van der Waals surface area contributed by atoms with Crippen molar-refractivity contribution in [1.82, 2.24) is 4.90 Å². The van der Waals surface area contributed by atoms with Crippen LogP contribution >= 0.6 is 7.82 Å². The van der Waals surface area contributed by atoms with Crippen molar-refractivity contribution in [3.63, 3.8) is 0 Å². The van der Waals surface area contributed by atoms with Crippen molar-refractivity contribution in [3.8, 4) is 0 Å². The molecular formula is C11H23N2O4P. The quantitative estimate of drug-likeness (QED) is 0.797. The van der Waals surface area contributed by atoms with E-state index in [-0.39, 0.29) is 13.2 Å². The predicted octanol–water partition coefficient (Wildman–Crippen LogP) is 2.04. The Morgan fingerprint density at radius 2 is 1.89 bits per heavy atom. The van der Waals surface area contributed by atoms with Crippen LogP contribution in [0.4, 0.5) is 0 Å². The van der Waals surface area contributed by atoms with Crippen LogP contribution in [0, 0.1) is 0 Å². The molecular weight excluding hydrogens is 255 g/mol. The lowest BCUT2D eigenvalue weighted by molar-refractivity contribution is 0.161. The number of amidine groups is 1. The first-order valence-electron chi connectivity index (χ1n) is 6.49. The summed E-state index contributed by atoms with van der Waals surface area (Å²) in [5.41, 5.74) is 0. The summed E-state index contributed by atoms with van der Waals surface area (Å²) < 4.78 is 19.2. The molecule has 2 aliphatic heterocycles. The summed E-state index contributed by atoms with van der Waals surface area (Å²) in [5.74, 6) is 1.38. The minimum Gasteiger partial charge on any atom is -0.360 e. The number of fused-ring (bicyclic) bond motifs is 1. The average Bonchev–Trinajstić information content (AvgIpc) is 2.77. The van der Waals surface area contributed by atoms with E-state index in [9.17, 15) is 4.57 Å². The van der Waals surface area contributed by atoms with Crippen LogP contribution in [-0.2, 0) is 13.6 Å². The maximum absolute atomic E-state index is 10.5. The van der Waals surface area contributed by atoms with Crippen LogP contribution in [0.1, 0.15) is 33.1 Å². The van der Waals surface area contributed by atoms with Crippen LogP contribution in [0.2, 0.25) is 0 Å². The van der Waals surface area contributed by atoms with Crippen molar-refractivity contribution in [2.75, 3.05) is 32.8 Å². The van der Waals surface area contributed by atoms with E-state index in [4.69, 9.17) is 4.89 Å². The van der Waals surface area contributed by atoms with Crippen molar-refractivity contribution in [1.29, 1.82) is 0 Å². The summed E-state index contributed by atoms with van der Waals surface area (Å²) >= 11 is 0. The molecule has 1 N–H and O–H groups in total. The molecule has 0 aromatic carbocycles. The van der Waals surface area contributed by atoms with Crippen molar-refractivity contribution in [2.45, 2.75) is 33.1 Å². The van der Waals surface area contributed by atoms with Gasteiger partial charge in [0.1, 0.15) is 0 Å². The third-order valence-electron chi connectivity index (χ3n) is 2.66. The molecule has 2 rings (SSSR count). The van der Waals surface area contributed by atoms with Crippen LogP contribution in [0.3, 0.4) is 0 Å². The van der Waals surface area contributed by atoms with E-state index < -0.39 is 7.82 Å². The third kappa shape index (κ3) is 5.48. The maximum Gasteiger partial charge on any atom is 0.472 e. The Morgan fingerprint density at radius 3 is 2.44 bits per heavy atom. The Bertz CT molecular complexity index is 312. The maximum atomic E-state index is 10.5. The first kappa shape index (κ1) is 15.6. The topological polar surface area (TPSA) is 71.4 Å². The standard InChI is InChI=1S/C7H12N2.C4H11O4P/c1-3-7-8-4-2-6-9(7)5-1;1-3-7-9(5,6)8-4-2/h1-6H2;3-4H2,1-2H3,(H,5,6). The minimum absolute atomic E-state index is 0.188. The van der Waals surface area contributed by atoms with Gasteiger partial charge in [0.25, 0.3) is 0 Å². The molecule has 1 fully saturated rings. The van der Waals surface area contributed by atoms with E-state index in [0.29, 0.717) is 0 Å². The van der Waals surface area contributed by atoms with E-state index in [1.807, 2.05) is 0 Å². The molecule has 1 saturated heterocycles. The van der Waals surface area contributed by atoms with Crippen LogP contribution in [0.5, 0.6) is 0 Å². The van der Waals surface area contributed by atoms with Gasteiger partial charge in [-0.25, -0.2) is 4.57 Å². The van der Waals surface area contributed by atoms with Crippen molar-refractivity contribution >= 4 is 13.7 Å². The van der Waals surface area contributed by atoms with Gasteiger partial charge < -0.3 is 9.79 Å². The van der Waals surface area contributed by atoms with Gasteiger partial charge in [0.05, 0.1) is 19.0 Å². The number of phosphoric acid groups is 1. The first-order chi connectivity index (χ1) is 8.59. The van der Waals surface area contributed by atoms with Gasteiger partial charge in [0.15, 0.2) is 0 Å². The molecule has 0 amide bonds. The predicted molar refractivity (Wildman–Crippen MR) is 70.8 cm³/mol. The Morgan fingerprint density at radius 1 is 1.28 bits per heavy atom. The van der Waals surface area contributed by atoms with Crippen molar-refractivity contribution in [2.24, 2.45) is 4.99 Å². The molecule has 106 valence electrons. The molecule has 2 heterocycles. The van der Waals surface area contributed by atoms with Crippen LogP contribution in [0.25, 0.3) is 0 Å². The summed E-state index contributed by atoms with van der Waals surface area (Å²) in [6, 6.07) is 0. The van der Waals surface area contributed by atoms with Gasteiger partial charge in [-0.1, -0.05) is 0 Å². The van der Waals surface area contributed by atoms with Gasteiger partial charge in [0.2, 0.25) is 0 Å². The van der Waals surface area contributed by atoms with E-state index in [0.717, 1.165) is 6.54 Å². The zero-order chi connectivity index (χ0) is 13.4. The molecule has 18 heavy (non-hydrogen) atoms. The normalized spacial score (nSPS) is 18.8. The third-order valence-corrected chi connectivity index (χ3v) is 3.83. The average molecular weight is 278 g/mol. The fourth-order valence-electron chi connectivity index (χ4n) is 1.97. The smallest absolute Gasteiger partial charge is 0.360 e. The van der Waals surface area contributed by atoms with E-state index >= 15 is 0 Å². The van der Waals surface area contributed by atoms with E-state index in [2.05, 4.69) is 18.9 Å². The second kappa shape index (κ2) is 7.89. The first-order valence-corrected chi connectivity index (χ1v) is 7.98. The molecule has 0 saturated carbocycles. The summed E-state index contributed by atoms with van der Waals surface area (Å²) in [5, 5.41) is 0. The highest BCUT2D eigenvalue weighted by Crippen LogP contribution is 2.42. The highest BCUT2D eigenvalue weighted by molar-refractivity contribution is 7.47. The zero-order valence-corrected chi connectivity index (χ0v) is 12.1. The summed E-state index contributed by atoms with van der Waals surface area (Å²) in [6.45, 7) is 7.23. The van der Waals surface area contributed by atoms with Crippen LogP contribution < -0.4 is 0 Å². The Balaban J connectivity index is 0.000000180. The van der Waals surface area contributed by atoms with Gasteiger partial charge in [-0.15, -0.1) is 0 Å². The van der Waals surface area contributed by atoms with Gasteiger partial charge in [-0.2, -0.15) is 0 Å². The van der Waals surface area contributed by atoms with E-state index in [1.165, 1.54) is 38.2 Å². The molecule has 6 nitrogen and oxygen atoms in total. The Labute approximate surface area is 109 Å². The number of nitrogens with zero attached hydrogens (tertiary/aromatic N) is 2. The van der Waals surface area contributed by atoms with E-state index in [1.54, 1.807) is 13.8 Å². The monoisotopic (exact) mass is 278 g/mol. The molecule has 0 bridgehead atoms. The zero-order valence-electron chi connectivity index (χ0n) is 11.2. The molecule has 0 spiro atoms. The summed E-state index contributed by atoms with van der Waals surface area (Å²) in [6.07, 6.45) is 3.84. The van der Waals surface area contributed by atoms with Crippen LogP contribution in [-0.4, -0.2) is 48.5 Å². The second-order valence-corrected chi connectivity index (χ2v) is 5.50. The molecule has 0 atom stereocenters. The van der Waals surface area contributed by atoms with Crippen molar-refractivity contribution in [3.05, 3.63) is 0 Å². The molecule has 0 aromatic rings. The molecule has 0 aliphatic carbocycles. The Kier molecular flexibility index (Phi) is 6.86. The molecule has 2 aliphatic rings. The number of aliphatic imine (C=N–C) groups is 1. The van der Waals surface area contributed by atoms with Gasteiger partial charge >= 0.3 is 7.82 Å². The highest BCUT2D eigenvalue weighted by atomic mass is 31.2. The summed E-state index contributed by atoms with van der Waals surface area (Å²) in [7, 11) is -3.69. The van der Waals surface area contributed by atoms with Crippen molar-refractivity contribution < 1.29 is 18.5 Å². The molecule has 0 unspecified atom stereocenters. The summed E-state index contributed by atoms with van der Waals surface area (Å²) in [4.78, 5) is 15.5. The fraction of sp³-hybridized carbons (Fsp3) is 0.909. The van der Waals surface area contributed by atoms with Gasteiger partial charge in [0, 0.05) is 26.1 Å². The van der Waals surface area contributed by atoms with Gasteiger partial charge in [-0.05, 0) is 26.7 Å². The molecule has 7 heteroatoms. The minimum atomic E-state index is -3.69. The second-order valence-electron chi connectivity index (χ2n) is 4.05. The number of phosphoric ester groups is 1. The SMILES string of the molecule is C1CN=C2CCCN2C1.CCOP(=O)(O)OCC. The lowest BCUT2D eigenvalue weighted by Gasteiger charge is -2.21.